The molecule has 0 spiro atoms. The largest absolute Gasteiger partial charge is 0.376 e. The van der Waals surface area contributed by atoms with Gasteiger partial charge in [0.15, 0.2) is 0 Å². The van der Waals surface area contributed by atoms with E-state index in [1.54, 1.807) is 24.3 Å². The first-order chi connectivity index (χ1) is 20.3. The zero-order valence-electron chi connectivity index (χ0n) is 23.5. The highest BCUT2D eigenvalue weighted by Gasteiger charge is 2.22. The van der Waals surface area contributed by atoms with Crippen LogP contribution in [-0.2, 0) is 24.4 Å². The third-order valence-electron chi connectivity index (χ3n) is 7.73. The summed E-state index contributed by atoms with van der Waals surface area (Å²) >= 11 is 0. The molecule has 0 bridgehead atoms. The minimum absolute atomic E-state index is 0.0603. The van der Waals surface area contributed by atoms with Gasteiger partial charge in [-0.1, -0.05) is 35.9 Å². The number of aromatic nitrogens is 4. The van der Waals surface area contributed by atoms with Crippen molar-refractivity contribution in [3.05, 3.63) is 126 Å². The number of nitrogens with one attached hydrogen (secondary N) is 1. The van der Waals surface area contributed by atoms with Crippen molar-refractivity contribution >= 4 is 22.5 Å². The Bertz CT molecular complexity index is 2000. The van der Waals surface area contributed by atoms with Gasteiger partial charge in [-0.05, 0) is 62.6 Å². The van der Waals surface area contributed by atoms with Crippen LogP contribution in [0.3, 0.4) is 0 Å². The van der Waals surface area contributed by atoms with Gasteiger partial charge in [0.05, 0.1) is 35.8 Å². The molecule has 1 N–H and O–H groups in total. The van der Waals surface area contributed by atoms with Crippen LogP contribution in [0.2, 0.25) is 0 Å². The van der Waals surface area contributed by atoms with Crippen molar-refractivity contribution < 1.29 is 9.53 Å². The number of carbonyl (C=O) groups excluding carboxylic acids is 1. The summed E-state index contributed by atoms with van der Waals surface area (Å²) in [7, 11) is 0. The number of ether oxygens (including phenoxy) is 1. The maximum Gasteiger partial charge on any atom is 0.331 e. The molecule has 1 saturated heterocycles. The third-order valence-corrected chi connectivity index (χ3v) is 7.73. The van der Waals surface area contributed by atoms with Crippen LogP contribution < -0.4 is 22.1 Å². The van der Waals surface area contributed by atoms with E-state index in [1.165, 1.54) is 19.6 Å². The van der Waals surface area contributed by atoms with E-state index in [0.29, 0.717) is 35.6 Å². The molecular formula is C32H31N5O5. The fraction of sp³-hybridized carbons (Fsp3) is 0.281. The average Bonchev–Trinajstić information content (AvgIpc) is 3.50. The van der Waals surface area contributed by atoms with E-state index < -0.39 is 11.2 Å². The molecule has 0 unspecified atom stereocenters. The van der Waals surface area contributed by atoms with Crippen LogP contribution >= 0.6 is 0 Å². The summed E-state index contributed by atoms with van der Waals surface area (Å²) in [5.74, 6) is -0.336. The summed E-state index contributed by atoms with van der Waals surface area (Å²) in [6, 6.07) is 19.3. The monoisotopic (exact) mass is 565 g/mol. The molecule has 1 amide bonds. The van der Waals surface area contributed by atoms with Gasteiger partial charge in [-0.25, -0.2) is 9.78 Å². The van der Waals surface area contributed by atoms with E-state index >= 15 is 0 Å². The minimum atomic E-state index is -0.550. The topological polar surface area (TPSA) is 117 Å². The lowest BCUT2D eigenvalue weighted by Gasteiger charge is -2.17. The van der Waals surface area contributed by atoms with Crippen molar-refractivity contribution in [1.29, 1.82) is 0 Å². The highest BCUT2D eigenvalue weighted by Crippen LogP contribution is 2.16. The maximum atomic E-state index is 13.9. The number of rotatable bonds is 7. The summed E-state index contributed by atoms with van der Waals surface area (Å²) in [6.45, 7) is 4.80. The molecule has 1 atom stereocenters. The van der Waals surface area contributed by atoms with Crippen molar-refractivity contribution in [3.63, 3.8) is 0 Å². The van der Waals surface area contributed by atoms with Crippen molar-refractivity contribution in [1.82, 2.24) is 23.8 Å². The van der Waals surface area contributed by atoms with E-state index in [1.807, 2.05) is 50.2 Å². The van der Waals surface area contributed by atoms with Gasteiger partial charge in [0.1, 0.15) is 5.65 Å². The predicted molar refractivity (Wildman–Crippen MR) is 159 cm³/mol. The molecule has 4 heterocycles. The van der Waals surface area contributed by atoms with Crippen LogP contribution in [0.1, 0.15) is 45.7 Å². The quantitative estimate of drug-likeness (QED) is 0.324. The van der Waals surface area contributed by atoms with Gasteiger partial charge in [0, 0.05) is 30.5 Å². The normalized spacial score (nSPS) is 15.0. The minimum Gasteiger partial charge on any atom is -0.376 e. The van der Waals surface area contributed by atoms with Crippen LogP contribution in [0.4, 0.5) is 0 Å². The molecule has 1 aliphatic heterocycles. The first kappa shape index (κ1) is 27.3. The molecule has 10 heteroatoms. The standard InChI is InChI=1S/C32H31N5O5/c1-20-8-10-22(11-9-20)17-33-30(39)23-12-13-26-27(15-23)35(32(41)36(31(26)40)19-25-6-4-14-42-25)18-24-16-29(38)37-21(2)5-3-7-28(37)34-24/h3,5,7-13,15-16,25H,4,6,14,17-19H2,1-2H3,(H,33,39)/t25-/m0/s1. The second-order valence-electron chi connectivity index (χ2n) is 10.8. The SMILES string of the molecule is Cc1ccc(CNC(=O)c2ccc3c(=O)n(C[C@@H]4CCCO4)c(=O)n(Cc4cc(=O)n5c(C)cccc5n4)c3c2)cc1. The number of aryl methyl sites for hydroxylation is 2. The third kappa shape index (κ3) is 5.28. The fourth-order valence-electron chi connectivity index (χ4n) is 5.46. The van der Waals surface area contributed by atoms with E-state index in [0.717, 1.165) is 29.7 Å². The second-order valence-corrected chi connectivity index (χ2v) is 10.8. The van der Waals surface area contributed by atoms with E-state index in [9.17, 15) is 19.2 Å². The number of benzene rings is 2. The second kappa shape index (κ2) is 11.2. The lowest BCUT2D eigenvalue weighted by molar-refractivity contribution is 0.0947. The molecule has 5 aromatic rings. The molecule has 0 saturated carbocycles. The zero-order chi connectivity index (χ0) is 29.4. The molecule has 0 aliphatic carbocycles. The molecule has 1 fully saturated rings. The molecule has 6 rings (SSSR count). The first-order valence-electron chi connectivity index (χ1n) is 14.0. The number of hydrogen-bond acceptors (Lipinski definition) is 6. The summed E-state index contributed by atoms with van der Waals surface area (Å²) in [5, 5.41) is 3.20. The van der Waals surface area contributed by atoms with Gasteiger partial charge in [-0.2, -0.15) is 0 Å². The Morgan fingerprint density at radius 3 is 2.57 bits per heavy atom. The Labute approximate surface area is 240 Å². The molecular weight excluding hydrogens is 534 g/mol. The Kier molecular flexibility index (Phi) is 7.30. The highest BCUT2D eigenvalue weighted by atomic mass is 16.5. The zero-order valence-corrected chi connectivity index (χ0v) is 23.5. The van der Waals surface area contributed by atoms with E-state index in [4.69, 9.17) is 4.74 Å². The summed E-state index contributed by atoms with van der Waals surface area (Å²) in [6.07, 6.45) is 1.39. The Morgan fingerprint density at radius 2 is 1.81 bits per heavy atom. The molecule has 2 aromatic carbocycles. The van der Waals surface area contributed by atoms with E-state index in [2.05, 4.69) is 10.3 Å². The lowest BCUT2D eigenvalue weighted by atomic mass is 10.1. The van der Waals surface area contributed by atoms with Gasteiger partial charge in [0.25, 0.3) is 17.0 Å². The molecule has 3 aromatic heterocycles. The Hall–Kier alpha value is -4.83. The molecule has 214 valence electrons. The maximum absolute atomic E-state index is 13.9. The number of nitrogens with zero attached hydrogens (tertiary/aromatic N) is 4. The fourth-order valence-corrected chi connectivity index (χ4v) is 5.46. The van der Waals surface area contributed by atoms with Crippen LogP contribution in [0.25, 0.3) is 16.6 Å². The van der Waals surface area contributed by atoms with Gasteiger partial charge in [-0.15, -0.1) is 0 Å². The van der Waals surface area contributed by atoms with Crippen LogP contribution in [0.15, 0.2) is 81.1 Å². The lowest BCUT2D eigenvalue weighted by Crippen LogP contribution is -2.42. The van der Waals surface area contributed by atoms with Gasteiger partial charge in [0.2, 0.25) is 0 Å². The first-order valence-corrected chi connectivity index (χ1v) is 14.0. The number of fused-ring (bicyclic) bond motifs is 2. The van der Waals surface area contributed by atoms with Crippen LogP contribution in [0.5, 0.6) is 0 Å². The summed E-state index contributed by atoms with van der Waals surface area (Å²) < 4.78 is 9.82. The predicted octanol–water partition coefficient (Wildman–Crippen LogP) is 2.95. The average molecular weight is 566 g/mol. The van der Waals surface area contributed by atoms with Crippen LogP contribution in [0, 0.1) is 13.8 Å². The van der Waals surface area contributed by atoms with Crippen molar-refractivity contribution in [2.75, 3.05) is 6.61 Å². The Balaban J connectivity index is 1.43. The van der Waals surface area contributed by atoms with E-state index in [-0.39, 0.29) is 36.0 Å². The van der Waals surface area contributed by atoms with Crippen molar-refractivity contribution in [2.45, 2.75) is 52.4 Å². The number of carbonyl (C=O) groups is 1. The molecule has 42 heavy (non-hydrogen) atoms. The summed E-state index contributed by atoms with van der Waals surface area (Å²) in [5.41, 5.74) is 2.98. The smallest absolute Gasteiger partial charge is 0.331 e. The van der Waals surface area contributed by atoms with Gasteiger partial charge >= 0.3 is 5.69 Å². The molecule has 1 aliphatic rings. The number of amides is 1. The summed E-state index contributed by atoms with van der Waals surface area (Å²) in [4.78, 5) is 58.2. The van der Waals surface area contributed by atoms with Gasteiger partial charge in [-0.3, -0.25) is 27.9 Å². The Morgan fingerprint density at radius 1 is 1.00 bits per heavy atom. The number of hydrogen-bond donors (Lipinski definition) is 1. The molecule has 0 radical (unpaired) electrons. The van der Waals surface area contributed by atoms with Crippen LogP contribution in [-0.4, -0.2) is 37.1 Å². The van der Waals surface area contributed by atoms with Crippen molar-refractivity contribution in [3.8, 4) is 0 Å². The number of pyridine rings is 1. The highest BCUT2D eigenvalue weighted by molar-refractivity contribution is 5.97. The van der Waals surface area contributed by atoms with Gasteiger partial charge < -0.3 is 10.1 Å². The molecule has 10 nitrogen and oxygen atoms in total. The van der Waals surface area contributed by atoms with Crippen molar-refractivity contribution in [2.24, 2.45) is 0 Å².